The zero-order valence-electron chi connectivity index (χ0n) is 46.3. The first kappa shape index (κ1) is 59.6. The lowest BCUT2D eigenvalue weighted by Gasteiger charge is -2.18. The van der Waals surface area contributed by atoms with Crippen LogP contribution in [0.2, 0.25) is 0 Å². The molecular formula is C64H96O6S2. The van der Waals surface area contributed by atoms with Gasteiger partial charge in [-0.05, 0) is 146 Å². The SMILES string of the molecule is CC(C)CCCCCc1ccc2c(c1)Sc1cc(CCCCCC(C)C)ccc1OCCOCCOc1ccc(CCCCCC(C)C)cc1Sc1cc(CCCCCC(C)C)ccc1OCCOCCO2. The van der Waals surface area contributed by atoms with Crippen LogP contribution in [-0.2, 0) is 35.2 Å². The molecule has 0 aliphatic carbocycles. The number of fused-ring (bicyclic) bond motifs is 4. The minimum Gasteiger partial charge on any atom is -0.490 e. The molecule has 0 saturated carbocycles. The van der Waals surface area contributed by atoms with Gasteiger partial charge >= 0.3 is 0 Å². The van der Waals surface area contributed by atoms with Crippen molar-refractivity contribution in [3.05, 3.63) is 95.1 Å². The first-order chi connectivity index (χ1) is 35.0. The molecule has 0 aromatic heterocycles. The monoisotopic (exact) mass is 1020 g/mol. The topological polar surface area (TPSA) is 55.4 Å². The van der Waals surface area contributed by atoms with Crippen molar-refractivity contribution in [2.45, 2.75) is 203 Å². The largest absolute Gasteiger partial charge is 0.490 e. The van der Waals surface area contributed by atoms with Gasteiger partial charge in [0.2, 0.25) is 0 Å². The summed E-state index contributed by atoms with van der Waals surface area (Å²) >= 11 is 3.51. The molecule has 400 valence electrons. The number of ether oxygens (including phenoxy) is 6. The van der Waals surface area contributed by atoms with Gasteiger partial charge in [-0.15, -0.1) is 0 Å². The second-order valence-electron chi connectivity index (χ2n) is 21.9. The Morgan fingerprint density at radius 1 is 0.306 bits per heavy atom. The second-order valence-corrected chi connectivity index (χ2v) is 24.1. The van der Waals surface area contributed by atoms with E-state index < -0.39 is 0 Å². The molecule has 8 heteroatoms. The fraction of sp³-hybridized carbons (Fsp3) is 0.625. The van der Waals surface area contributed by atoms with Crippen LogP contribution >= 0.6 is 23.5 Å². The van der Waals surface area contributed by atoms with E-state index in [4.69, 9.17) is 28.4 Å². The number of unbranched alkanes of at least 4 members (excludes halogenated alkanes) is 8. The highest BCUT2D eigenvalue weighted by molar-refractivity contribution is 7.99. The van der Waals surface area contributed by atoms with Gasteiger partial charge in [0.05, 0.1) is 46.0 Å². The molecule has 0 spiro atoms. The number of hydrogen-bond acceptors (Lipinski definition) is 8. The summed E-state index contributed by atoms with van der Waals surface area (Å²) in [6.45, 7) is 22.2. The van der Waals surface area contributed by atoms with Gasteiger partial charge in [-0.3, -0.25) is 0 Å². The summed E-state index contributed by atoms with van der Waals surface area (Å²) in [5.41, 5.74) is 5.38. The third-order valence-electron chi connectivity index (χ3n) is 13.4. The van der Waals surface area contributed by atoms with Gasteiger partial charge in [0.15, 0.2) is 0 Å². The van der Waals surface area contributed by atoms with Gasteiger partial charge in [-0.2, -0.15) is 0 Å². The molecule has 0 atom stereocenters. The molecular weight excluding hydrogens is 929 g/mol. The lowest BCUT2D eigenvalue weighted by molar-refractivity contribution is 0.0748. The summed E-state index contributed by atoms with van der Waals surface area (Å²) in [4.78, 5) is 4.44. The second kappa shape index (κ2) is 35.0. The van der Waals surface area contributed by atoms with Gasteiger partial charge < -0.3 is 28.4 Å². The van der Waals surface area contributed by atoms with Crippen molar-refractivity contribution in [3.63, 3.8) is 0 Å². The Morgan fingerprint density at radius 2 is 0.542 bits per heavy atom. The van der Waals surface area contributed by atoms with E-state index in [9.17, 15) is 0 Å². The summed E-state index contributed by atoms with van der Waals surface area (Å²) in [6.07, 6.45) is 24.3. The lowest BCUT2D eigenvalue weighted by atomic mass is 10.0. The maximum absolute atomic E-state index is 6.56. The molecule has 0 saturated heterocycles. The highest BCUT2D eigenvalue weighted by Gasteiger charge is 2.16. The molecule has 0 bridgehead atoms. The third kappa shape index (κ3) is 24.4. The highest BCUT2D eigenvalue weighted by atomic mass is 32.2. The molecule has 5 rings (SSSR count). The van der Waals surface area contributed by atoms with Crippen molar-refractivity contribution in [3.8, 4) is 23.0 Å². The molecule has 0 amide bonds. The van der Waals surface area contributed by atoms with Gasteiger partial charge in [-0.1, -0.05) is 180 Å². The van der Waals surface area contributed by atoms with E-state index >= 15 is 0 Å². The number of rotatable bonds is 24. The average molecular weight is 1030 g/mol. The fourth-order valence-electron chi connectivity index (χ4n) is 9.15. The summed E-state index contributed by atoms with van der Waals surface area (Å²) in [5.74, 6) is 6.52. The Balaban J connectivity index is 1.35. The smallest absolute Gasteiger partial charge is 0.133 e. The van der Waals surface area contributed by atoms with E-state index in [0.29, 0.717) is 52.9 Å². The number of hydrogen-bond donors (Lipinski definition) is 0. The van der Waals surface area contributed by atoms with Crippen LogP contribution in [0.5, 0.6) is 23.0 Å². The molecule has 72 heavy (non-hydrogen) atoms. The first-order valence-electron chi connectivity index (χ1n) is 28.6. The minimum atomic E-state index is 0.447. The van der Waals surface area contributed by atoms with Crippen molar-refractivity contribution >= 4 is 23.5 Å². The van der Waals surface area contributed by atoms with Crippen LogP contribution in [0.15, 0.2) is 92.4 Å². The van der Waals surface area contributed by atoms with Crippen LogP contribution in [0, 0.1) is 23.7 Å². The normalized spacial score (nSPS) is 14.4. The van der Waals surface area contributed by atoms with Crippen LogP contribution in [-0.4, -0.2) is 52.9 Å². The predicted octanol–water partition coefficient (Wildman–Crippen LogP) is 18.3. The number of benzene rings is 4. The van der Waals surface area contributed by atoms with Crippen LogP contribution < -0.4 is 18.9 Å². The van der Waals surface area contributed by atoms with Crippen molar-refractivity contribution in [1.82, 2.24) is 0 Å². The van der Waals surface area contributed by atoms with E-state index in [1.54, 1.807) is 23.5 Å². The van der Waals surface area contributed by atoms with Crippen molar-refractivity contribution < 1.29 is 28.4 Å². The maximum Gasteiger partial charge on any atom is 0.133 e. The van der Waals surface area contributed by atoms with E-state index in [2.05, 4.69) is 128 Å². The molecule has 1 aliphatic rings. The van der Waals surface area contributed by atoms with Crippen molar-refractivity contribution in [2.24, 2.45) is 23.7 Å². The zero-order chi connectivity index (χ0) is 51.2. The molecule has 0 fully saturated rings. The first-order valence-corrected chi connectivity index (χ1v) is 30.2. The minimum absolute atomic E-state index is 0.447. The Kier molecular flexibility index (Phi) is 29.0. The maximum atomic E-state index is 6.56. The van der Waals surface area contributed by atoms with Crippen LogP contribution in [0.4, 0.5) is 0 Å². The molecule has 1 heterocycles. The van der Waals surface area contributed by atoms with Crippen LogP contribution in [0.3, 0.4) is 0 Å². The molecule has 0 N–H and O–H groups in total. The Hall–Kier alpha value is -3.30. The van der Waals surface area contributed by atoms with Gasteiger partial charge in [0.25, 0.3) is 0 Å². The Bertz CT molecular complexity index is 1790. The van der Waals surface area contributed by atoms with Gasteiger partial charge in [0.1, 0.15) is 49.4 Å². The number of aryl methyl sites for hydroxylation is 4. The molecule has 0 unspecified atom stereocenters. The fourth-order valence-corrected chi connectivity index (χ4v) is 11.4. The van der Waals surface area contributed by atoms with Crippen LogP contribution in [0.1, 0.15) is 180 Å². The summed E-state index contributed by atoms with van der Waals surface area (Å²) < 4.78 is 38.6. The van der Waals surface area contributed by atoms with Crippen molar-refractivity contribution in [2.75, 3.05) is 52.9 Å². The summed E-state index contributed by atoms with van der Waals surface area (Å²) in [5, 5.41) is 0. The van der Waals surface area contributed by atoms with E-state index in [1.807, 2.05) is 0 Å². The third-order valence-corrected chi connectivity index (χ3v) is 15.6. The van der Waals surface area contributed by atoms with Crippen LogP contribution in [0.25, 0.3) is 0 Å². The lowest BCUT2D eigenvalue weighted by Crippen LogP contribution is -2.13. The van der Waals surface area contributed by atoms with E-state index in [-0.39, 0.29) is 0 Å². The highest BCUT2D eigenvalue weighted by Crippen LogP contribution is 2.43. The van der Waals surface area contributed by atoms with E-state index in [1.165, 1.54) is 125 Å². The molecule has 4 aromatic rings. The Morgan fingerprint density at radius 3 is 0.764 bits per heavy atom. The Labute approximate surface area is 447 Å². The zero-order valence-corrected chi connectivity index (χ0v) is 47.9. The summed E-state index contributed by atoms with van der Waals surface area (Å²) in [6, 6.07) is 27.0. The molecule has 6 nitrogen and oxygen atoms in total. The molecule has 0 radical (unpaired) electrons. The van der Waals surface area contributed by atoms with Gasteiger partial charge in [-0.25, -0.2) is 0 Å². The molecule has 1 aliphatic heterocycles. The van der Waals surface area contributed by atoms with Crippen molar-refractivity contribution in [1.29, 1.82) is 0 Å². The quantitative estimate of drug-likeness (QED) is 0.0644. The van der Waals surface area contributed by atoms with Gasteiger partial charge in [0, 0.05) is 0 Å². The predicted molar refractivity (Wildman–Crippen MR) is 306 cm³/mol. The summed E-state index contributed by atoms with van der Waals surface area (Å²) in [7, 11) is 0. The van der Waals surface area contributed by atoms with E-state index in [0.717, 1.165) is 91.9 Å². The standard InChI is InChI=1S/C64H96O6S2/c1-49(2)21-13-9-17-25-53-29-33-57-61(45-53)71-62-46-54(26-18-10-14-22-50(3)4)30-34-58(62)68-42-38-66-40-44-70-60-36-32-56(28-20-12-16-24-52(7)8)48-64(60)72-63-47-55(27-19-11-15-23-51(5)6)31-35-59(63)69-43-39-65-37-41-67-57/h29-36,45-52H,9-28,37-44H2,1-8H3. The molecule has 4 aromatic carbocycles. The average Bonchev–Trinajstić information content (AvgIpc) is 3.34.